The Labute approximate surface area is 144 Å². The lowest BCUT2D eigenvalue weighted by Crippen LogP contribution is -2.58. The largest absolute Gasteiger partial charge is 0.410 e. The van der Waals surface area contributed by atoms with Crippen molar-refractivity contribution in [1.82, 2.24) is 9.97 Å². The van der Waals surface area contributed by atoms with E-state index in [0.717, 1.165) is 37.6 Å². The molecule has 2 aliphatic rings. The summed E-state index contributed by atoms with van der Waals surface area (Å²) in [5, 5.41) is 0.698. The van der Waals surface area contributed by atoms with Crippen LogP contribution in [0.3, 0.4) is 0 Å². The first-order valence-corrected chi connectivity index (χ1v) is 11.6. The second-order valence-electron chi connectivity index (χ2n) is 8.28. The summed E-state index contributed by atoms with van der Waals surface area (Å²) in [6.07, 6.45) is 2.56. The van der Waals surface area contributed by atoms with Crippen molar-refractivity contribution < 1.29 is 4.43 Å². The van der Waals surface area contributed by atoms with Crippen LogP contribution in [0.1, 0.15) is 45.4 Å². The molecule has 1 aliphatic heterocycles. The van der Waals surface area contributed by atoms with Crippen LogP contribution in [-0.2, 0) is 4.43 Å². The van der Waals surface area contributed by atoms with Crippen LogP contribution in [0.2, 0.25) is 23.2 Å². The minimum absolute atomic E-state index is 0.226. The third-order valence-electron chi connectivity index (χ3n) is 5.23. The lowest BCUT2D eigenvalue weighted by Gasteiger charge is -2.47. The summed E-state index contributed by atoms with van der Waals surface area (Å²) in [4.78, 5) is 11.1. The number of aromatic nitrogens is 2. The molecule has 2 N–H and O–H groups in total. The van der Waals surface area contributed by atoms with Crippen molar-refractivity contribution >= 4 is 31.6 Å². The summed E-state index contributed by atoms with van der Waals surface area (Å²) in [6.45, 7) is 13.0. The van der Waals surface area contributed by atoms with Gasteiger partial charge in [0.15, 0.2) is 14.1 Å². The average molecular weight is 355 g/mol. The van der Waals surface area contributed by atoms with Gasteiger partial charge in [-0.25, -0.2) is 9.97 Å². The smallest absolute Gasteiger partial charge is 0.192 e. The summed E-state index contributed by atoms with van der Waals surface area (Å²) >= 11 is 6.33. The number of nitrogen functional groups attached to an aromatic ring is 1. The maximum absolute atomic E-state index is 6.43. The Balaban J connectivity index is 1.68. The predicted octanol–water partition coefficient (Wildman–Crippen LogP) is 3.80. The van der Waals surface area contributed by atoms with E-state index in [2.05, 4.69) is 48.7 Å². The number of anilines is 2. The van der Waals surface area contributed by atoms with E-state index in [-0.39, 0.29) is 11.1 Å². The van der Waals surface area contributed by atoms with Gasteiger partial charge in [0, 0.05) is 19.0 Å². The zero-order valence-corrected chi connectivity index (χ0v) is 16.4. The highest BCUT2D eigenvalue weighted by molar-refractivity contribution is 6.74. The molecule has 0 spiro atoms. The number of halogens is 1. The van der Waals surface area contributed by atoms with Crippen molar-refractivity contribution in [3.05, 3.63) is 10.8 Å². The molecule has 2 heterocycles. The first kappa shape index (κ1) is 17.0. The van der Waals surface area contributed by atoms with Crippen LogP contribution < -0.4 is 10.6 Å². The minimum atomic E-state index is -1.73. The molecule has 0 unspecified atom stereocenters. The number of hydrogen-bond acceptors (Lipinski definition) is 5. The van der Waals surface area contributed by atoms with Gasteiger partial charge in [0.05, 0.1) is 6.10 Å². The summed E-state index contributed by atoms with van der Waals surface area (Å²) in [5.74, 6) is 2.48. The molecule has 0 aromatic carbocycles. The summed E-state index contributed by atoms with van der Waals surface area (Å²) < 4.78 is 6.43. The normalized spacial score (nSPS) is 19.8. The molecule has 2 fully saturated rings. The molecule has 5 nitrogen and oxygen atoms in total. The number of hydrogen-bond donors (Lipinski definition) is 1. The lowest BCUT2D eigenvalue weighted by atomic mass is 10.2. The molecule has 128 valence electrons. The second-order valence-corrected chi connectivity index (χ2v) is 13.4. The Kier molecular flexibility index (Phi) is 4.14. The van der Waals surface area contributed by atoms with E-state index in [0.29, 0.717) is 16.8 Å². The Morgan fingerprint density at radius 1 is 1.22 bits per heavy atom. The van der Waals surface area contributed by atoms with E-state index in [1.165, 1.54) is 0 Å². The number of nitrogens with zero attached hydrogens (tertiary/aromatic N) is 3. The van der Waals surface area contributed by atoms with E-state index >= 15 is 0 Å². The highest BCUT2D eigenvalue weighted by atomic mass is 35.5. The Morgan fingerprint density at radius 3 is 2.35 bits per heavy atom. The quantitative estimate of drug-likeness (QED) is 0.833. The van der Waals surface area contributed by atoms with E-state index in [1.807, 2.05) is 0 Å². The summed E-state index contributed by atoms with van der Waals surface area (Å²) in [7, 11) is -1.73. The van der Waals surface area contributed by atoms with Crippen LogP contribution in [0, 0.1) is 0 Å². The van der Waals surface area contributed by atoms with Crippen LogP contribution in [0.5, 0.6) is 0 Å². The van der Waals surface area contributed by atoms with Gasteiger partial charge in [0.1, 0.15) is 16.7 Å². The van der Waals surface area contributed by atoms with Gasteiger partial charge in [-0.1, -0.05) is 32.4 Å². The third-order valence-corrected chi connectivity index (χ3v) is 10.1. The highest BCUT2D eigenvalue weighted by Crippen LogP contribution is 2.42. The lowest BCUT2D eigenvalue weighted by molar-refractivity contribution is 0.148. The topological polar surface area (TPSA) is 64.3 Å². The molecule has 3 rings (SSSR count). The standard InChI is InChI=1S/C16H27ClN4OSi/c1-16(2,3)23(4,5)22-11-8-21(9-11)15-12(17)13(18)19-14(20-15)10-6-7-10/h10-11H,6-9H2,1-5H3,(H2,18,19,20). The van der Waals surface area contributed by atoms with Crippen LogP contribution in [0.4, 0.5) is 11.6 Å². The van der Waals surface area contributed by atoms with E-state index in [4.69, 9.17) is 21.8 Å². The van der Waals surface area contributed by atoms with Crippen molar-refractivity contribution in [2.24, 2.45) is 0 Å². The maximum Gasteiger partial charge on any atom is 0.192 e. The zero-order valence-electron chi connectivity index (χ0n) is 14.7. The minimum Gasteiger partial charge on any atom is -0.410 e. The average Bonchev–Trinajstić information content (AvgIpc) is 3.20. The summed E-state index contributed by atoms with van der Waals surface area (Å²) in [6, 6.07) is 0. The maximum atomic E-state index is 6.43. The van der Waals surface area contributed by atoms with Gasteiger partial charge in [0.25, 0.3) is 0 Å². The molecule has 23 heavy (non-hydrogen) atoms. The van der Waals surface area contributed by atoms with Crippen LogP contribution in [0.25, 0.3) is 0 Å². The van der Waals surface area contributed by atoms with Gasteiger partial charge < -0.3 is 15.1 Å². The van der Waals surface area contributed by atoms with Gasteiger partial charge >= 0.3 is 0 Å². The van der Waals surface area contributed by atoms with Gasteiger partial charge in [-0.05, 0) is 31.0 Å². The number of rotatable bonds is 4. The molecule has 7 heteroatoms. The van der Waals surface area contributed by atoms with Crippen molar-refractivity contribution in [3.8, 4) is 0 Å². The van der Waals surface area contributed by atoms with Gasteiger partial charge in [-0.15, -0.1) is 0 Å². The molecule has 1 saturated carbocycles. The fourth-order valence-electron chi connectivity index (χ4n) is 2.48. The SMILES string of the molecule is CC(C)(C)[Si](C)(C)OC1CN(c2nc(C3CC3)nc(N)c2Cl)C1. The first-order valence-electron chi connectivity index (χ1n) is 8.34. The van der Waals surface area contributed by atoms with Crippen molar-refractivity contribution in [2.45, 2.75) is 63.8 Å². The van der Waals surface area contributed by atoms with Gasteiger partial charge in [-0.2, -0.15) is 0 Å². The molecule has 1 aromatic rings. The van der Waals surface area contributed by atoms with E-state index < -0.39 is 8.32 Å². The zero-order chi connectivity index (χ0) is 17.0. The highest BCUT2D eigenvalue weighted by Gasteiger charge is 2.42. The molecule has 0 radical (unpaired) electrons. The summed E-state index contributed by atoms with van der Waals surface area (Å²) in [5.41, 5.74) is 5.96. The molecule has 0 amide bonds. The molecule has 1 aromatic heterocycles. The Hall–Kier alpha value is -0.853. The second kappa shape index (κ2) is 5.60. The van der Waals surface area contributed by atoms with Gasteiger partial charge in [0.2, 0.25) is 0 Å². The number of nitrogens with two attached hydrogens (primary N) is 1. The van der Waals surface area contributed by atoms with Crippen molar-refractivity contribution in [1.29, 1.82) is 0 Å². The molecule has 1 aliphatic carbocycles. The molecule has 0 bridgehead atoms. The van der Waals surface area contributed by atoms with E-state index in [1.54, 1.807) is 0 Å². The fourth-order valence-corrected chi connectivity index (χ4v) is 4.02. The fraction of sp³-hybridized carbons (Fsp3) is 0.750. The van der Waals surface area contributed by atoms with Crippen molar-refractivity contribution in [2.75, 3.05) is 23.7 Å². The predicted molar refractivity (Wildman–Crippen MR) is 97.7 cm³/mol. The van der Waals surface area contributed by atoms with Crippen LogP contribution in [0.15, 0.2) is 0 Å². The van der Waals surface area contributed by atoms with Gasteiger partial charge in [-0.3, -0.25) is 0 Å². The van der Waals surface area contributed by atoms with Crippen LogP contribution in [-0.4, -0.2) is 37.5 Å². The third kappa shape index (κ3) is 3.34. The molecule has 1 saturated heterocycles. The monoisotopic (exact) mass is 354 g/mol. The van der Waals surface area contributed by atoms with E-state index in [9.17, 15) is 0 Å². The first-order chi connectivity index (χ1) is 10.6. The molecular formula is C16H27ClN4OSi. The molecule has 0 atom stereocenters. The van der Waals surface area contributed by atoms with Crippen LogP contribution >= 0.6 is 11.6 Å². The van der Waals surface area contributed by atoms with Crippen molar-refractivity contribution in [3.63, 3.8) is 0 Å². The Bertz CT molecular complexity index is 607. The Morgan fingerprint density at radius 2 is 1.83 bits per heavy atom. The molecular weight excluding hydrogens is 328 g/mol.